The number of hydrogen-bond acceptors (Lipinski definition) is 2. The number of nitrogens with one attached hydrogen (secondary N) is 1. The molecule has 0 spiro atoms. The Kier molecular flexibility index (Phi) is 4.93. The Labute approximate surface area is 120 Å². The molecule has 2 N–H and O–H groups in total. The van der Waals surface area contributed by atoms with Gasteiger partial charge in [-0.05, 0) is 45.2 Å². The van der Waals surface area contributed by atoms with Crippen LogP contribution in [0.15, 0.2) is 12.1 Å². The second kappa shape index (κ2) is 6.07. The number of rotatable bonds is 5. The zero-order chi connectivity index (χ0) is 15.5. The number of benzene rings is 1. The standard InChI is InChI=1S/C16H23NO3/c1-6-9-16(4,5)17-14(18)12-10(2)7-8-11(3)13(12)15(19)20/h7-8H,6,9H2,1-5H3,(H,17,18)(H,19,20). The number of carboxylic acids is 1. The minimum atomic E-state index is -1.07. The molecule has 0 heterocycles. The Hall–Kier alpha value is -1.84. The van der Waals surface area contributed by atoms with Gasteiger partial charge in [-0.1, -0.05) is 25.5 Å². The molecule has 0 bridgehead atoms. The average molecular weight is 277 g/mol. The number of aryl methyl sites for hydroxylation is 2. The van der Waals surface area contributed by atoms with Crippen LogP contribution < -0.4 is 5.32 Å². The quantitative estimate of drug-likeness (QED) is 0.867. The molecule has 0 unspecified atom stereocenters. The predicted octanol–water partition coefficient (Wildman–Crippen LogP) is 3.31. The maximum atomic E-state index is 12.5. The van der Waals surface area contributed by atoms with E-state index in [1.54, 1.807) is 26.0 Å². The van der Waals surface area contributed by atoms with E-state index in [9.17, 15) is 14.7 Å². The Morgan fingerprint density at radius 2 is 1.65 bits per heavy atom. The lowest BCUT2D eigenvalue weighted by atomic mass is 9.94. The summed E-state index contributed by atoms with van der Waals surface area (Å²) in [5.41, 5.74) is 1.29. The van der Waals surface area contributed by atoms with Crippen LogP contribution in [-0.2, 0) is 0 Å². The van der Waals surface area contributed by atoms with Crippen LogP contribution in [-0.4, -0.2) is 22.5 Å². The minimum Gasteiger partial charge on any atom is -0.478 e. The van der Waals surface area contributed by atoms with E-state index >= 15 is 0 Å². The Balaban J connectivity index is 3.22. The molecule has 0 aliphatic heterocycles. The van der Waals surface area contributed by atoms with Crippen molar-refractivity contribution in [3.63, 3.8) is 0 Å². The van der Waals surface area contributed by atoms with Crippen molar-refractivity contribution in [2.45, 2.75) is 53.0 Å². The van der Waals surface area contributed by atoms with E-state index in [-0.39, 0.29) is 22.6 Å². The summed E-state index contributed by atoms with van der Waals surface area (Å²) < 4.78 is 0. The molecule has 0 aromatic heterocycles. The number of carbonyl (C=O) groups is 2. The lowest BCUT2D eigenvalue weighted by Crippen LogP contribution is -2.44. The molecule has 0 saturated heterocycles. The van der Waals surface area contributed by atoms with Gasteiger partial charge in [-0.25, -0.2) is 4.79 Å². The molecule has 0 aliphatic rings. The van der Waals surface area contributed by atoms with E-state index in [0.29, 0.717) is 11.1 Å². The summed E-state index contributed by atoms with van der Waals surface area (Å²) in [4.78, 5) is 23.9. The smallest absolute Gasteiger partial charge is 0.336 e. The molecule has 110 valence electrons. The molecule has 0 aliphatic carbocycles. The van der Waals surface area contributed by atoms with Crippen molar-refractivity contribution in [1.82, 2.24) is 5.32 Å². The molecule has 1 aromatic carbocycles. The van der Waals surface area contributed by atoms with Crippen LogP contribution in [0.4, 0.5) is 0 Å². The van der Waals surface area contributed by atoms with Gasteiger partial charge in [0.15, 0.2) is 0 Å². The largest absolute Gasteiger partial charge is 0.478 e. The van der Waals surface area contributed by atoms with Crippen molar-refractivity contribution in [1.29, 1.82) is 0 Å². The molecule has 4 nitrogen and oxygen atoms in total. The van der Waals surface area contributed by atoms with Crippen LogP contribution in [0.3, 0.4) is 0 Å². The normalized spacial score (nSPS) is 11.2. The fraction of sp³-hybridized carbons (Fsp3) is 0.500. The molecular formula is C16H23NO3. The van der Waals surface area contributed by atoms with Gasteiger partial charge in [0.1, 0.15) is 0 Å². The van der Waals surface area contributed by atoms with Crippen molar-refractivity contribution in [2.75, 3.05) is 0 Å². The highest BCUT2D eigenvalue weighted by atomic mass is 16.4. The number of carbonyl (C=O) groups excluding carboxylic acids is 1. The van der Waals surface area contributed by atoms with Gasteiger partial charge in [0.05, 0.1) is 11.1 Å². The fourth-order valence-electron chi connectivity index (χ4n) is 2.44. The zero-order valence-electron chi connectivity index (χ0n) is 12.8. The van der Waals surface area contributed by atoms with Crippen LogP contribution >= 0.6 is 0 Å². The number of hydrogen-bond donors (Lipinski definition) is 2. The SMILES string of the molecule is CCCC(C)(C)NC(=O)c1c(C)ccc(C)c1C(=O)O. The van der Waals surface area contributed by atoms with E-state index in [1.165, 1.54) is 0 Å². The summed E-state index contributed by atoms with van der Waals surface area (Å²) in [6.07, 6.45) is 1.79. The van der Waals surface area contributed by atoms with Crippen molar-refractivity contribution < 1.29 is 14.7 Å². The van der Waals surface area contributed by atoms with E-state index < -0.39 is 5.97 Å². The summed E-state index contributed by atoms with van der Waals surface area (Å²) in [5, 5.41) is 12.3. The predicted molar refractivity (Wildman–Crippen MR) is 79.3 cm³/mol. The monoisotopic (exact) mass is 277 g/mol. The fourth-order valence-corrected chi connectivity index (χ4v) is 2.44. The maximum Gasteiger partial charge on any atom is 0.336 e. The molecule has 1 amide bonds. The second-order valence-electron chi connectivity index (χ2n) is 5.84. The molecule has 0 saturated carbocycles. The zero-order valence-corrected chi connectivity index (χ0v) is 12.8. The molecule has 4 heteroatoms. The third-order valence-corrected chi connectivity index (χ3v) is 3.39. The molecule has 0 atom stereocenters. The van der Waals surface area contributed by atoms with Crippen LogP contribution in [0.1, 0.15) is 65.5 Å². The van der Waals surface area contributed by atoms with Gasteiger partial charge < -0.3 is 10.4 Å². The maximum absolute atomic E-state index is 12.5. The van der Waals surface area contributed by atoms with Crippen molar-refractivity contribution in [3.8, 4) is 0 Å². The summed E-state index contributed by atoms with van der Waals surface area (Å²) >= 11 is 0. The van der Waals surface area contributed by atoms with Gasteiger partial charge in [0.2, 0.25) is 0 Å². The lowest BCUT2D eigenvalue weighted by Gasteiger charge is -2.26. The molecule has 1 aromatic rings. The Bertz CT molecular complexity index is 533. The summed E-state index contributed by atoms with van der Waals surface area (Å²) in [7, 11) is 0. The van der Waals surface area contributed by atoms with E-state index in [1.807, 2.05) is 13.8 Å². The van der Waals surface area contributed by atoms with E-state index in [2.05, 4.69) is 12.2 Å². The van der Waals surface area contributed by atoms with Crippen molar-refractivity contribution >= 4 is 11.9 Å². The summed E-state index contributed by atoms with van der Waals surface area (Å²) in [5.74, 6) is -1.38. The second-order valence-corrected chi connectivity index (χ2v) is 5.84. The first-order valence-corrected chi connectivity index (χ1v) is 6.85. The Morgan fingerprint density at radius 3 is 2.10 bits per heavy atom. The van der Waals surface area contributed by atoms with Gasteiger partial charge >= 0.3 is 5.97 Å². The highest BCUT2D eigenvalue weighted by Crippen LogP contribution is 2.20. The van der Waals surface area contributed by atoms with Gasteiger partial charge in [-0.3, -0.25) is 4.79 Å². The number of carboxylic acid groups (broad SMARTS) is 1. The van der Waals surface area contributed by atoms with Crippen LogP contribution in [0, 0.1) is 13.8 Å². The van der Waals surface area contributed by atoms with Crippen molar-refractivity contribution in [2.24, 2.45) is 0 Å². The topological polar surface area (TPSA) is 66.4 Å². The van der Waals surface area contributed by atoms with E-state index in [0.717, 1.165) is 12.8 Å². The van der Waals surface area contributed by atoms with Crippen molar-refractivity contribution in [3.05, 3.63) is 34.4 Å². The molecular weight excluding hydrogens is 254 g/mol. The first-order chi connectivity index (χ1) is 9.19. The van der Waals surface area contributed by atoms with Gasteiger partial charge in [-0.15, -0.1) is 0 Å². The first-order valence-electron chi connectivity index (χ1n) is 6.85. The lowest BCUT2D eigenvalue weighted by molar-refractivity contribution is 0.0688. The molecule has 20 heavy (non-hydrogen) atoms. The van der Waals surface area contributed by atoms with Gasteiger partial charge in [0, 0.05) is 5.54 Å². The summed E-state index contributed by atoms with van der Waals surface area (Å²) in [6, 6.07) is 3.51. The first kappa shape index (κ1) is 16.2. The van der Waals surface area contributed by atoms with Crippen LogP contribution in [0.5, 0.6) is 0 Å². The highest BCUT2D eigenvalue weighted by molar-refractivity contribution is 6.06. The number of aromatic carboxylic acids is 1. The molecule has 0 fully saturated rings. The van der Waals surface area contributed by atoms with Gasteiger partial charge in [0.25, 0.3) is 5.91 Å². The average Bonchev–Trinajstić information content (AvgIpc) is 2.30. The highest BCUT2D eigenvalue weighted by Gasteiger charge is 2.25. The molecule has 0 radical (unpaired) electrons. The Morgan fingerprint density at radius 1 is 1.15 bits per heavy atom. The third-order valence-electron chi connectivity index (χ3n) is 3.39. The van der Waals surface area contributed by atoms with Crippen LogP contribution in [0.25, 0.3) is 0 Å². The van der Waals surface area contributed by atoms with Crippen LogP contribution in [0.2, 0.25) is 0 Å². The van der Waals surface area contributed by atoms with Gasteiger partial charge in [-0.2, -0.15) is 0 Å². The number of amides is 1. The minimum absolute atomic E-state index is 0.0924. The van der Waals surface area contributed by atoms with E-state index in [4.69, 9.17) is 0 Å². The third kappa shape index (κ3) is 3.59. The summed E-state index contributed by atoms with van der Waals surface area (Å²) in [6.45, 7) is 9.40. The molecule has 1 rings (SSSR count).